The molecule has 4 nitrogen and oxygen atoms in total. The van der Waals surface area contributed by atoms with Gasteiger partial charge in [-0.25, -0.2) is 0 Å². The van der Waals surface area contributed by atoms with Crippen molar-refractivity contribution in [2.45, 2.75) is 65.0 Å². The highest BCUT2D eigenvalue weighted by Crippen LogP contribution is 2.08. The highest BCUT2D eigenvalue weighted by atomic mass is 16.5. The number of ether oxygens (including phenoxy) is 4. The van der Waals surface area contributed by atoms with Crippen LogP contribution in [0.1, 0.15) is 40.5 Å². The minimum absolute atomic E-state index is 0.187. The number of hydrogen-bond donors (Lipinski definition) is 0. The van der Waals surface area contributed by atoms with Crippen molar-refractivity contribution < 1.29 is 18.9 Å². The van der Waals surface area contributed by atoms with Crippen LogP contribution in [0.5, 0.6) is 0 Å². The summed E-state index contributed by atoms with van der Waals surface area (Å²) in [4.78, 5) is 0. The second kappa shape index (κ2) is 11.8. The summed E-state index contributed by atoms with van der Waals surface area (Å²) in [6, 6.07) is 0. The third-order valence-corrected chi connectivity index (χ3v) is 3.57. The zero-order chi connectivity index (χ0) is 16.2. The van der Waals surface area contributed by atoms with Crippen molar-refractivity contribution in [2.75, 3.05) is 26.4 Å². The Balaban J connectivity index is 2.44. The summed E-state index contributed by atoms with van der Waals surface area (Å²) in [6.07, 6.45) is 10.6. The smallest absolute Gasteiger partial charge is 0.0651 e. The van der Waals surface area contributed by atoms with E-state index in [2.05, 4.69) is 27.7 Å². The molecule has 0 saturated heterocycles. The molecule has 0 aromatic heterocycles. The Morgan fingerprint density at radius 2 is 0.727 bits per heavy atom. The van der Waals surface area contributed by atoms with Crippen LogP contribution in [0.25, 0.3) is 0 Å². The van der Waals surface area contributed by atoms with Crippen LogP contribution in [0.15, 0.2) is 24.3 Å². The molecule has 4 atom stereocenters. The first kappa shape index (κ1) is 19.4. The lowest BCUT2D eigenvalue weighted by molar-refractivity contribution is 0.00911. The minimum Gasteiger partial charge on any atom is -0.374 e. The van der Waals surface area contributed by atoms with E-state index < -0.39 is 0 Å². The Morgan fingerprint density at radius 3 is 0.955 bits per heavy atom. The molecular weight excluding hydrogens is 280 g/mol. The molecule has 1 aliphatic rings. The zero-order valence-electron chi connectivity index (χ0n) is 14.5. The van der Waals surface area contributed by atoms with Crippen LogP contribution in [-0.4, -0.2) is 50.8 Å². The van der Waals surface area contributed by atoms with Gasteiger partial charge in [0.25, 0.3) is 0 Å². The Kier molecular flexibility index (Phi) is 10.4. The van der Waals surface area contributed by atoms with Crippen LogP contribution in [0.2, 0.25) is 0 Å². The fraction of sp³-hybridized carbons (Fsp3) is 0.778. The molecule has 1 aliphatic heterocycles. The second-order valence-corrected chi connectivity index (χ2v) is 5.99. The van der Waals surface area contributed by atoms with Gasteiger partial charge in [0, 0.05) is 0 Å². The molecule has 0 amide bonds. The van der Waals surface area contributed by atoms with E-state index >= 15 is 0 Å². The standard InChI is InChI=1S/C18H32O4/c1-15-13-16(2)20-10-7-8-12-22-18(4)14-17(3)21-11-6-5-9-19-15/h5-8,15-18H,9-14H2,1-4H3/b6-5+,8-7+/t15-,16?,17?,18+. The molecule has 1 heterocycles. The fourth-order valence-corrected chi connectivity index (χ4v) is 2.36. The molecule has 0 fully saturated rings. The van der Waals surface area contributed by atoms with Crippen LogP contribution in [0.4, 0.5) is 0 Å². The molecule has 0 spiro atoms. The molecule has 128 valence electrons. The van der Waals surface area contributed by atoms with E-state index in [9.17, 15) is 0 Å². The van der Waals surface area contributed by atoms with Crippen LogP contribution in [-0.2, 0) is 18.9 Å². The average Bonchev–Trinajstić information content (AvgIpc) is 2.45. The van der Waals surface area contributed by atoms with Crippen molar-refractivity contribution in [3.63, 3.8) is 0 Å². The Labute approximate surface area is 135 Å². The molecule has 1 rings (SSSR count). The van der Waals surface area contributed by atoms with Crippen molar-refractivity contribution in [1.82, 2.24) is 0 Å². The van der Waals surface area contributed by atoms with Gasteiger partial charge in [-0.2, -0.15) is 0 Å². The van der Waals surface area contributed by atoms with Crippen molar-refractivity contribution in [1.29, 1.82) is 0 Å². The van der Waals surface area contributed by atoms with E-state index in [1.54, 1.807) is 0 Å². The third-order valence-electron chi connectivity index (χ3n) is 3.57. The third kappa shape index (κ3) is 10.1. The summed E-state index contributed by atoms with van der Waals surface area (Å²) in [5, 5.41) is 0. The molecule has 0 aromatic rings. The van der Waals surface area contributed by atoms with Gasteiger partial charge in [0.2, 0.25) is 0 Å². The van der Waals surface area contributed by atoms with Crippen molar-refractivity contribution in [3.05, 3.63) is 24.3 Å². The highest BCUT2D eigenvalue weighted by molar-refractivity contribution is 4.83. The predicted molar refractivity (Wildman–Crippen MR) is 89.2 cm³/mol. The summed E-state index contributed by atoms with van der Waals surface area (Å²) < 4.78 is 23.0. The molecule has 0 N–H and O–H groups in total. The van der Waals surface area contributed by atoms with E-state index in [4.69, 9.17) is 18.9 Å². The van der Waals surface area contributed by atoms with Crippen molar-refractivity contribution in [3.8, 4) is 0 Å². The van der Waals surface area contributed by atoms with Crippen LogP contribution >= 0.6 is 0 Å². The Bertz CT molecular complexity index is 267. The van der Waals surface area contributed by atoms with Gasteiger partial charge in [0.05, 0.1) is 50.8 Å². The molecule has 0 bridgehead atoms. The molecule has 0 aliphatic carbocycles. The maximum atomic E-state index is 5.74. The normalized spacial score (nSPS) is 36.9. The first-order valence-electron chi connectivity index (χ1n) is 8.34. The van der Waals surface area contributed by atoms with Crippen LogP contribution in [0.3, 0.4) is 0 Å². The summed E-state index contributed by atoms with van der Waals surface area (Å²) in [5.74, 6) is 0. The lowest BCUT2D eigenvalue weighted by Crippen LogP contribution is -2.20. The van der Waals surface area contributed by atoms with Crippen molar-refractivity contribution >= 4 is 0 Å². The quantitative estimate of drug-likeness (QED) is 0.641. The molecule has 22 heavy (non-hydrogen) atoms. The molecule has 0 radical (unpaired) electrons. The Morgan fingerprint density at radius 1 is 0.500 bits per heavy atom. The lowest BCUT2D eigenvalue weighted by Gasteiger charge is -2.18. The van der Waals surface area contributed by atoms with Gasteiger partial charge in [0.15, 0.2) is 0 Å². The summed E-state index contributed by atoms with van der Waals surface area (Å²) in [6.45, 7) is 10.8. The highest BCUT2D eigenvalue weighted by Gasteiger charge is 2.10. The maximum absolute atomic E-state index is 5.74. The first-order valence-corrected chi connectivity index (χ1v) is 8.34. The van der Waals surface area contributed by atoms with E-state index in [1.807, 2.05) is 24.3 Å². The Hall–Kier alpha value is -0.680. The van der Waals surface area contributed by atoms with E-state index in [-0.39, 0.29) is 24.4 Å². The van der Waals surface area contributed by atoms with E-state index in [0.717, 1.165) is 12.8 Å². The molecule has 2 unspecified atom stereocenters. The zero-order valence-corrected chi connectivity index (χ0v) is 14.5. The average molecular weight is 312 g/mol. The summed E-state index contributed by atoms with van der Waals surface area (Å²) in [7, 11) is 0. The van der Waals surface area contributed by atoms with Crippen LogP contribution in [0, 0.1) is 0 Å². The lowest BCUT2D eigenvalue weighted by atomic mass is 10.2. The topological polar surface area (TPSA) is 36.9 Å². The van der Waals surface area contributed by atoms with Gasteiger partial charge >= 0.3 is 0 Å². The van der Waals surface area contributed by atoms with Gasteiger partial charge < -0.3 is 18.9 Å². The monoisotopic (exact) mass is 312 g/mol. The largest absolute Gasteiger partial charge is 0.374 e. The number of hydrogen-bond acceptors (Lipinski definition) is 4. The second-order valence-electron chi connectivity index (χ2n) is 5.99. The molecule has 0 aromatic carbocycles. The predicted octanol–water partition coefficient (Wildman–Crippen LogP) is 3.51. The molecule has 4 heteroatoms. The van der Waals surface area contributed by atoms with Crippen LogP contribution < -0.4 is 0 Å². The van der Waals surface area contributed by atoms with Gasteiger partial charge in [-0.15, -0.1) is 0 Å². The summed E-state index contributed by atoms with van der Waals surface area (Å²) >= 11 is 0. The SMILES string of the molecule is CC1C[C@@H](C)OC/C=C/COC(C)C[C@H](C)OC/C=C/CO1. The van der Waals surface area contributed by atoms with Gasteiger partial charge in [0.1, 0.15) is 0 Å². The summed E-state index contributed by atoms with van der Waals surface area (Å²) in [5.41, 5.74) is 0. The number of rotatable bonds is 0. The first-order chi connectivity index (χ1) is 10.6. The van der Waals surface area contributed by atoms with Gasteiger partial charge in [-0.05, 0) is 40.5 Å². The van der Waals surface area contributed by atoms with Gasteiger partial charge in [-0.1, -0.05) is 24.3 Å². The maximum Gasteiger partial charge on any atom is 0.0651 e. The molecular formula is C18H32O4. The van der Waals surface area contributed by atoms with Gasteiger partial charge in [-0.3, -0.25) is 0 Å². The van der Waals surface area contributed by atoms with E-state index in [1.165, 1.54) is 0 Å². The van der Waals surface area contributed by atoms with Crippen molar-refractivity contribution in [2.24, 2.45) is 0 Å². The minimum atomic E-state index is 0.187. The molecule has 0 saturated carbocycles. The fourth-order valence-electron chi connectivity index (χ4n) is 2.36. The van der Waals surface area contributed by atoms with E-state index in [0.29, 0.717) is 26.4 Å².